The van der Waals surface area contributed by atoms with Crippen molar-refractivity contribution in [2.75, 3.05) is 6.54 Å². The van der Waals surface area contributed by atoms with E-state index in [0.29, 0.717) is 12.1 Å². The fourth-order valence-corrected chi connectivity index (χ4v) is 2.23. The van der Waals surface area contributed by atoms with Crippen molar-refractivity contribution in [3.05, 3.63) is 18.2 Å². The lowest BCUT2D eigenvalue weighted by atomic mass is 10.2. The number of nitrogens with zero attached hydrogens (tertiary/aromatic N) is 3. The van der Waals surface area contributed by atoms with Gasteiger partial charge in [-0.1, -0.05) is 0 Å². The van der Waals surface area contributed by atoms with E-state index in [-0.39, 0.29) is 6.04 Å². The fraction of sp³-hybridized carbons (Fsp3) is 0.769. The molecule has 0 saturated carbocycles. The molecule has 1 aromatic rings. The first-order chi connectivity index (χ1) is 7.93. The van der Waals surface area contributed by atoms with Crippen LogP contribution in [-0.4, -0.2) is 33.1 Å². The minimum Gasteiger partial charge on any atom is -0.332 e. The lowest BCUT2D eigenvalue weighted by Crippen LogP contribution is -2.39. The Hall–Kier alpha value is -0.870. The van der Waals surface area contributed by atoms with Crippen LogP contribution in [0.5, 0.6) is 0 Å². The first-order valence-corrected chi connectivity index (χ1v) is 6.44. The molecule has 4 heteroatoms. The summed E-state index contributed by atoms with van der Waals surface area (Å²) in [5.74, 6) is 0. The maximum absolute atomic E-state index is 5.91. The van der Waals surface area contributed by atoms with Crippen LogP contribution >= 0.6 is 0 Å². The molecule has 1 atom stereocenters. The molecule has 0 unspecified atom stereocenters. The van der Waals surface area contributed by atoms with Crippen LogP contribution in [-0.2, 0) is 6.54 Å². The number of hydrogen-bond donors (Lipinski definition) is 1. The quantitative estimate of drug-likeness (QED) is 0.825. The Labute approximate surface area is 105 Å². The maximum Gasteiger partial charge on any atom is 0.0949 e. The van der Waals surface area contributed by atoms with Crippen molar-refractivity contribution in [3.63, 3.8) is 0 Å². The highest BCUT2D eigenvalue weighted by Gasteiger charge is 2.14. The van der Waals surface area contributed by atoms with Gasteiger partial charge in [0.05, 0.1) is 12.0 Å². The van der Waals surface area contributed by atoms with Crippen LogP contribution in [0.15, 0.2) is 12.5 Å². The summed E-state index contributed by atoms with van der Waals surface area (Å²) in [6.45, 7) is 12.9. The predicted octanol–water partition coefficient (Wildman–Crippen LogP) is 2.02. The number of hydrogen-bond acceptors (Lipinski definition) is 3. The zero-order valence-electron chi connectivity index (χ0n) is 11.7. The van der Waals surface area contributed by atoms with Crippen molar-refractivity contribution in [2.45, 2.75) is 59.3 Å². The van der Waals surface area contributed by atoms with Gasteiger partial charge in [0, 0.05) is 37.4 Å². The summed E-state index contributed by atoms with van der Waals surface area (Å²) < 4.78 is 2.16. The first kappa shape index (κ1) is 14.2. The summed E-state index contributed by atoms with van der Waals surface area (Å²) >= 11 is 0. The lowest BCUT2D eigenvalue weighted by molar-refractivity contribution is 0.167. The van der Waals surface area contributed by atoms with Gasteiger partial charge in [0.1, 0.15) is 0 Å². The molecule has 0 spiro atoms. The molecule has 0 radical (unpaired) electrons. The van der Waals surface area contributed by atoms with E-state index in [0.717, 1.165) is 18.8 Å². The summed E-state index contributed by atoms with van der Waals surface area (Å²) in [5, 5.41) is 0. The molecule has 2 N–H and O–H groups in total. The van der Waals surface area contributed by atoms with Crippen LogP contribution in [0.2, 0.25) is 0 Å². The number of nitrogens with two attached hydrogens (primary N) is 1. The monoisotopic (exact) mass is 238 g/mol. The van der Waals surface area contributed by atoms with E-state index in [2.05, 4.69) is 42.1 Å². The predicted molar refractivity (Wildman–Crippen MR) is 71.8 cm³/mol. The molecule has 0 aliphatic rings. The Kier molecular flexibility index (Phi) is 5.15. The largest absolute Gasteiger partial charge is 0.332 e. The van der Waals surface area contributed by atoms with Crippen LogP contribution in [0.4, 0.5) is 0 Å². The molecule has 0 amide bonds. The van der Waals surface area contributed by atoms with Gasteiger partial charge >= 0.3 is 0 Å². The van der Waals surface area contributed by atoms with Crippen molar-refractivity contribution in [1.82, 2.24) is 14.5 Å². The third-order valence-corrected chi connectivity index (χ3v) is 3.14. The highest BCUT2D eigenvalue weighted by molar-refractivity contribution is 5.03. The van der Waals surface area contributed by atoms with E-state index in [1.807, 2.05) is 19.4 Å². The SMILES string of the molecule is CC(C)N(CCn1cncc1[C@@H](C)N)C(C)C. The maximum atomic E-state index is 5.91. The molecule has 1 aromatic heterocycles. The van der Waals surface area contributed by atoms with E-state index in [1.54, 1.807) is 0 Å². The molecule has 4 nitrogen and oxygen atoms in total. The Balaban J connectivity index is 2.62. The summed E-state index contributed by atoms with van der Waals surface area (Å²) in [6, 6.07) is 1.18. The van der Waals surface area contributed by atoms with Gasteiger partial charge in [0.25, 0.3) is 0 Å². The van der Waals surface area contributed by atoms with Crippen LogP contribution in [0, 0.1) is 0 Å². The second-order valence-electron chi connectivity index (χ2n) is 5.23. The zero-order chi connectivity index (χ0) is 13.0. The highest BCUT2D eigenvalue weighted by Crippen LogP contribution is 2.10. The van der Waals surface area contributed by atoms with Gasteiger partial charge in [0.15, 0.2) is 0 Å². The Morgan fingerprint density at radius 1 is 1.24 bits per heavy atom. The average molecular weight is 238 g/mol. The van der Waals surface area contributed by atoms with Crippen molar-refractivity contribution >= 4 is 0 Å². The molecule has 0 aliphatic carbocycles. The van der Waals surface area contributed by atoms with Gasteiger partial charge in [-0.25, -0.2) is 4.98 Å². The summed E-state index contributed by atoms with van der Waals surface area (Å²) in [5.41, 5.74) is 7.02. The third kappa shape index (κ3) is 3.82. The molecule has 0 aliphatic heterocycles. The third-order valence-electron chi connectivity index (χ3n) is 3.14. The molecule has 1 rings (SSSR count). The van der Waals surface area contributed by atoms with E-state index in [9.17, 15) is 0 Å². The van der Waals surface area contributed by atoms with Crippen molar-refractivity contribution < 1.29 is 0 Å². The molecule has 17 heavy (non-hydrogen) atoms. The van der Waals surface area contributed by atoms with Gasteiger partial charge in [0.2, 0.25) is 0 Å². The zero-order valence-corrected chi connectivity index (χ0v) is 11.7. The summed E-state index contributed by atoms with van der Waals surface area (Å²) in [6.07, 6.45) is 3.73. The van der Waals surface area contributed by atoms with Gasteiger partial charge in [-0.2, -0.15) is 0 Å². The second kappa shape index (κ2) is 6.17. The second-order valence-corrected chi connectivity index (χ2v) is 5.23. The van der Waals surface area contributed by atoms with E-state index >= 15 is 0 Å². The molecule has 0 fully saturated rings. The molecule has 0 saturated heterocycles. The smallest absolute Gasteiger partial charge is 0.0949 e. The number of aromatic nitrogens is 2. The molecule has 0 bridgehead atoms. The van der Waals surface area contributed by atoms with Gasteiger partial charge < -0.3 is 10.3 Å². The summed E-state index contributed by atoms with van der Waals surface area (Å²) in [4.78, 5) is 6.65. The van der Waals surface area contributed by atoms with E-state index in [4.69, 9.17) is 5.73 Å². The topological polar surface area (TPSA) is 47.1 Å². The van der Waals surface area contributed by atoms with Crippen LogP contribution < -0.4 is 5.73 Å². The minimum absolute atomic E-state index is 0.0454. The van der Waals surface area contributed by atoms with Crippen molar-refractivity contribution in [1.29, 1.82) is 0 Å². The van der Waals surface area contributed by atoms with Crippen LogP contribution in [0.1, 0.15) is 46.4 Å². The summed E-state index contributed by atoms with van der Waals surface area (Å²) in [7, 11) is 0. The van der Waals surface area contributed by atoms with Gasteiger partial charge in [-0.3, -0.25) is 4.90 Å². The Morgan fingerprint density at radius 2 is 1.82 bits per heavy atom. The fourth-order valence-electron chi connectivity index (χ4n) is 2.23. The molecule has 1 heterocycles. The molecular weight excluding hydrogens is 212 g/mol. The minimum atomic E-state index is 0.0454. The highest BCUT2D eigenvalue weighted by atomic mass is 15.2. The van der Waals surface area contributed by atoms with E-state index < -0.39 is 0 Å². The standard InChI is InChI=1S/C13H26N4/c1-10(2)17(11(3)4)7-6-16-9-15-8-13(16)12(5)14/h8-12H,6-7,14H2,1-5H3/t12-/m1/s1. The van der Waals surface area contributed by atoms with Gasteiger partial charge in [-0.15, -0.1) is 0 Å². The number of imidazole rings is 1. The normalized spacial score (nSPS) is 13.9. The lowest BCUT2D eigenvalue weighted by Gasteiger charge is -2.30. The van der Waals surface area contributed by atoms with Crippen LogP contribution in [0.3, 0.4) is 0 Å². The van der Waals surface area contributed by atoms with E-state index in [1.165, 1.54) is 0 Å². The Bertz CT molecular complexity index is 320. The van der Waals surface area contributed by atoms with Crippen molar-refractivity contribution in [2.24, 2.45) is 5.73 Å². The van der Waals surface area contributed by atoms with Gasteiger partial charge in [-0.05, 0) is 34.6 Å². The number of rotatable bonds is 6. The first-order valence-electron chi connectivity index (χ1n) is 6.44. The molecule has 0 aromatic carbocycles. The molecular formula is C13H26N4. The van der Waals surface area contributed by atoms with Crippen LogP contribution in [0.25, 0.3) is 0 Å². The van der Waals surface area contributed by atoms with Crippen molar-refractivity contribution in [3.8, 4) is 0 Å². The average Bonchev–Trinajstić information content (AvgIpc) is 2.64. The Morgan fingerprint density at radius 3 is 2.29 bits per heavy atom. The molecule has 98 valence electrons.